The topological polar surface area (TPSA) is 149 Å². The van der Waals surface area contributed by atoms with Gasteiger partial charge in [0.2, 0.25) is 11.8 Å². The van der Waals surface area contributed by atoms with Crippen molar-refractivity contribution in [2.24, 2.45) is 11.1 Å². The SMILES string of the molecule is CC(NC(=O)[C@@H]1C[C@]2(CO)C[C@@H]2N1C(=O)CNC(=O)c1ccc2c(c1)-c1ccccc1C2(F)F)c1cc(C(=N)N)cs1. The fourth-order valence-electron chi connectivity index (χ4n) is 6.21. The van der Waals surface area contributed by atoms with Crippen molar-refractivity contribution in [2.75, 3.05) is 13.2 Å². The van der Waals surface area contributed by atoms with E-state index in [1.54, 1.807) is 36.6 Å². The Hall–Kier alpha value is -4.16. The lowest BCUT2D eigenvalue weighted by Gasteiger charge is -2.28. The summed E-state index contributed by atoms with van der Waals surface area (Å²) in [5.41, 5.74) is 6.03. The van der Waals surface area contributed by atoms with Crippen LogP contribution in [-0.2, 0) is 15.5 Å². The number of fused-ring (bicyclic) bond motifs is 4. The molecule has 6 rings (SSSR count). The highest BCUT2D eigenvalue weighted by molar-refractivity contribution is 7.10. The summed E-state index contributed by atoms with van der Waals surface area (Å²) in [7, 11) is 0. The molecule has 2 fully saturated rings. The Morgan fingerprint density at radius 2 is 1.86 bits per heavy atom. The average molecular weight is 594 g/mol. The first-order chi connectivity index (χ1) is 20.0. The number of benzene rings is 2. The van der Waals surface area contributed by atoms with Crippen molar-refractivity contribution in [2.45, 2.75) is 43.8 Å². The maximum absolute atomic E-state index is 14.9. The summed E-state index contributed by atoms with van der Waals surface area (Å²) in [5.74, 6) is -4.68. The third kappa shape index (κ3) is 4.45. The van der Waals surface area contributed by atoms with Gasteiger partial charge >= 0.3 is 0 Å². The molecule has 3 amide bonds. The van der Waals surface area contributed by atoms with E-state index in [-0.39, 0.29) is 46.6 Å². The number of nitrogens with two attached hydrogens (primary N) is 1. The molecule has 1 saturated carbocycles. The third-order valence-electron chi connectivity index (χ3n) is 8.62. The van der Waals surface area contributed by atoms with E-state index in [2.05, 4.69) is 10.6 Å². The molecule has 6 N–H and O–H groups in total. The van der Waals surface area contributed by atoms with Gasteiger partial charge in [-0.15, -0.1) is 11.3 Å². The lowest BCUT2D eigenvalue weighted by Crippen LogP contribution is -2.51. The molecule has 2 aliphatic carbocycles. The van der Waals surface area contributed by atoms with Crippen LogP contribution in [0.4, 0.5) is 8.78 Å². The normalized spacial score (nSPS) is 23.4. The van der Waals surface area contributed by atoms with Gasteiger partial charge in [-0.2, -0.15) is 8.78 Å². The van der Waals surface area contributed by atoms with Gasteiger partial charge in [0.15, 0.2) is 0 Å². The fraction of sp³-hybridized carbons (Fsp3) is 0.333. The van der Waals surface area contributed by atoms with E-state index >= 15 is 0 Å². The van der Waals surface area contributed by atoms with E-state index in [0.717, 1.165) is 4.88 Å². The Morgan fingerprint density at radius 1 is 1.12 bits per heavy atom. The number of hydrogen-bond acceptors (Lipinski definition) is 6. The van der Waals surface area contributed by atoms with Crippen molar-refractivity contribution in [3.63, 3.8) is 0 Å². The third-order valence-corrected chi connectivity index (χ3v) is 9.73. The second-order valence-electron chi connectivity index (χ2n) is 11.2. The predicted octanol–water partition coefficient (Wildman–Crippen LogP) is 3.11. The smallest absolute Gasteiger partial charge is 0.299 e. The zero-order chi connectivity index (χ0) is 30.0. The maximum Gasteiger partial charge on any atom is 0.299 e. The molecular weight excluding hydrogens is 564 g/mol. The number of nitrogens with zero attached hydrogens (tertiary/aromatic N) is 1. The van der Waals surface area contributed by atoms with Crippen LogP contribution in [0.25, 0.3) is 11.1 Å². The molecule has 9 nitrogen and oxygen atoms in total. The Bertz CT molecular complexity index is 1640. The van der Waals surface area contributed by atoms with Crippen molar-refractivity contribution in [1.82, 2.24) is 15.5 Å². The maximum atomic E-state index is 14.9. The Kier molecular flexibility index (Phi) is 6.65. The largest absolute Gasteiger partial charge is 0.396 e. The van der Waals surface area contributed by atoms with E-state index in [9.17, 15) is 28.3 Å². The average Bonchev–Trinajstić information content (AvgIpc) is 3.27. The lowest BCUT2D eigenvalue weighted by molar-refractivity contribution is -0.139. The van der Waals surface area contributed by atoms with Crippen molar-refractivity contribution in [1.29, 1.82) is 5.41 Å². The standard InChI is InChI=1S/C30H29F2N5O4S/c1-15(23-9-17(13-42-23)26(33)34)36-28(41)22-10-29(14-38)11-24(29)37(22)25(39)12-35-27(40)16-6-7-21-19(8-16)18-4-2-3-5-20(18)30(21,31)32/h2-9,13,15,22,24,38H,10-12,14H2,1H3,(H3,33,34)(H,35,40)(H,36,41)/t15?,22-,24-,29+/m0/s1. The number of likely N-dealkylation sites (tertiary alicyclic amines) is 1. The van der Waals surface area contributed by atoms with Gasteiger partial charge < -0.3 is 26.4 Å². The molecule has 0 bridgehead atoms. The summed E-state index contributed by atoms with van der Waals surface area (Å²) >= 11 is 1.36. The van der Waals surface area contributed by atoms with Crippen LogP contribution in [0.3, 0.4) is 0 Å². The lowest BCUT2D eigenvalue weighted by atomic mass is 10.00. The number of thiophene rings is 1. The summed E-state index contributed by atoms with van der Waals surface area (Å²) in [5, 5.41) is 24.8. The number of alkyl halides is 2. The number of halogens is 2. The highest BCUT2D eigenvalue weighted by Crippen LogP contribution is 2.59. The molecule has 218 valence electrons. The number of carbonyl (C=O) groups is 3. The summed E-state index contributed by atoms with van der Waals surface area (Å²) in [4.78, 5) is 42.0. The van der Waals surface area contributed by atoms with Crippen molar-refractivity contribution < 1.29 is 28.3 Å². The Morgan fingerprint density at radius 3 is 2.57 bits per heavy atom. The second kappa shape index (κ2) is 9.99. The number of nitrogens with one attached hydrogen (secondary N) is 3. The zero-order valence-electron chi connectivity index (χ0n) is 22.6. The van der Waals surface area contributed by atoms with Crippen molar-refractivity contribution in [3.05, 3.63) is 81.0 Å². The second-order valence-corrected chi connectivity index (χ2v) is 12.1. The molecule has 1 aliphatic heterocycles. The predicted molar refractivity (Wildman–Crippen MR) is 152 cm³/mol. The number of carbonyl (C=O) groups excluding carboxylic acids is 3. The molecular formula is C30H29F2N5O4S. The van der Waals surface area contributed by atoms with E-state index in [1.807, 2.05) is 0 Å². The van der Waals surface area contributed by atoms with Crippen molar-refractivity contribution >= 4 is 34.9 Å². The summed E-state index contributed by atoms with van der Waals surface area (Å²) in [6.45, 7) is 1.23. The van der Waals surface area contributed by atoms with Gasteiger partial charge in [-0.25, -0.2) is 0 Å². The summed E-state index contributed by atoms with van der Waals surface area (Å²) in [6, 6.07) is 10.3. The number of hydrogen-bond donors (Lipinski definition) is 5. The van der Waals surface area contributed by atoms with Crippen LogP contribution in [0.1, 0.15) is 57.7 Å². The van der Waals surface area contributed by atoms with Crippen LogP contribution in [0.15, 0.2) is 53.9 Å². The highest BCUT2D eigenvalue weighted by Gasteiger charge is 2.66. The van der Waals surface area contributed by atoms with Gasteiger partial charge in [-0.3, -0.25) is 19.8 Å². The minimum Gasteiger partial charge on any atom is -0.396 e. The van der Waals surface area contributed by atoms with Crippen LogP contribution in [0, 0.1) is 10.8 Å². The number of nitrogen functional groups attached to an aromatic ring is 1. The molecule has 2 aromatic carbocycles. The first-order valence-electron chi connectivity index (χ1n) is 13.5. The van der Waals surface area contributed by atoms with Crippen LogP contribution in [-0.4, -0.2) is 58.8 Å². The molecule has 12 heteroatoms. The molecule has 42 heavy (non-hydrogen) atoms. The minimum absolute atomic E-state index is 0.0711. The van der Waals surface area contributed by atoms with Gasteiger partial charge in [0.25, 0.3) is 11.8 Å². The molecule has 1 unspecified atom stereocenters. The van der Waals surface area contributed by atoms with Gasteiger partial charge in [0.1, 0.15) is 11.9 Å². The van der Waals surface area contributed by atoms with Gasteiger partial charge in [-0.05, 0) is 49.1 Å². The first-order valence-corrected chi connectivity index (χ1v) is 14.4. The zero-order valence-corrected chi connectivity index (χ0v) is 23.4. The van der Waals surface area contributed by atoms with Crippen LogP contribution in [0.2, 0.25) is 0 Å². The fourth-order valence-corrected chi connectivity index (χ4v) is 7.13. The monoisotopic (exact) mass is 593 g/mol. The number of piperidine rings is 1. The summed E-state index contributed by atoms with van der Waals surface area (Å²) < 4.78 is 29.8. The number of rotatable bonds is 8. The number of amidine groups is 1. The molecule has 0 radical (unpaired) electrons. The van der Waals surface area contributed by atoms with Crippen LogP contribution < -0.4 is 16.4 Å². The molecule has 3 aliphatic rings. The van der Waals surface area contributed by atoms with Gasteiger partial charge in [-0.1, -0.05) is 30.3 Å². The quantitative estimate of drug-likeness (QED) is 0.201. The van der Waals surface area contributed by atoms with E-state index < -0.39 is 41.8 Å². The van der Waals surface area contributed by atoms with E-state index in [0.29, 0.717) is 24.0 Å². The molecule has 1 saturated heterocycles. The molecule has 1 aromatic heterocycles. The number of amides is 3. The molecule has 3 aromatic rings. The highest BCUT2D eigenvalue weighted by atomic mass is 32.1. The Labute approximate surface area is 244 Å². The van der Waals surface area contributed by atoms with Gasteiger partial charge in [0, 0.05) is 44.0 Å². The molecule has 4 atom stereocenters. The van der Waals surface area contributed by atoms with Gasteiger partial charge in [0.05, 0.1) is 19.2 Å². The Balaban J connectivity index is 1.14. The van der Waals surface area contributed by atoms with Crippen molar-refractivity contribution in [3.8, 4) is 11.1 Å². The summed E-state index contributed by atoms with van der Waals surface area (Å²) in [6.07, 6.45) is 0.863. The van der Waals surface area contributed by atoms with E-state index in [4.69, 9.17) is 11.1 Å². The van der Waals surface area contributed by atoms with Crippen LogP contribution in [0.5, 0.6) is 0 Å². The number of aliphatic hydroxyl groups is 1. The first kappa shape index (κ1) is 28.0. The minimum atomic E-state index is -3.16. The molecule has 2 heterocycles. The molecule has 0 spiro atoms. The number of aliphatic hydroxyl groups excluding tert-OH is 1. The van der Waals surface area contributed by atoms with Crippen LogP contribution >= 0.6 is 11.3 Å². The van der Waals surface area contributed by atoms with E-state index in [1.165, 1.54) is 40.5 Å².